The number of hydrogen-bond donors (Lipinski definition) is 2. The number of nitrogens with zero attached hydrogens (tertiary/aromatic N) is 3. The molecule has 3 aromatic rings. The molecule has 0 aliphatic carbocycles. The van der Waals surface area contributed by atoms with Crippen molar-refractivity contribution in [1.82, 2.24) is 14.9 Å². The second-order valence-corrected chi connectivity index (χ2v) is 8.66. The summed E-state index contributed by atoms with van der Waals surface area (Å²) in [7, 11) is 1.53. The van der Waals surface area contributed by atoms with E-state index in [1.54, 1.807) is 30.3 Å². The van der Waals surface area contributed by atoms with Crippen LogP contribution in [0, 0.1) is 11.7 Å². The molecule has 0 bridgehead atoms. The molecule has 0 radical (unpaired) electrons. The number of halogens is 4. The van der Waals surface area contributed by atoms with Crippen LogP contribution in [0.2, 0.25) is 0 Å². The third-order valence-electron chi connectivity index (χ3n) is 5.97. The van der Waals surface area contributed by atoms with E-state index in [4.69, 9.17) is 9.47 Å². The van der Waals surface area contributed by atoms with E-state index in [1.807, 2.05) is 0 Å². The van der Waals surface area contributed by atoms with Gasteiger partial charge in [0.25, 0.3) is 0 Å². The zero-order chi connectivity index (χ0) is 27.3. The van der Waals surface area contributed by atoms with E-state index in [9.17, 15) is 27.2 Å². The molecule has 1 aromatic heterocycles. The summed E-state index contributed by atoms with van der Waals surface area (Å²) in [5, 5.41) is 5.72. The van der Waals surface area contributed by atoms with Crippen molar-refractivity contribution in [1.29, 1.82) is 0 Å². The van der Waals surface area contributed by atoms with Gasteiger partial charge in [0.1, 0.15) is 36.7 Å². The third-order valence-corrected chi connectivity index (χ3v) is 5.97. The van der Waals surface area contributed by atoms with Gasteiger partial charge in [0.05, 0.1) is 23.4 Å². The molecule has 1 aliphatic heterocycles. The highest BCUT2D eigenvalue weighted by molar-refractivity contribution is 6.03. The average molecular weight is 535 g/mol. The standard InChI is InChI=1S/C25H25F4N5O4/c1-37-8-9-38-18-10-19(26)23-20(11-18)30-14-31-24(23)33-17-4-2-16(3-5-17)32-21(35)12-22(36)34-7-6-15(13-34)25(27,28)29/h2-5,10-11,14-15H,6-9,12-13H2,1H3,(H,32,35)(H,30,31,33). The number of likely N-dealkylation sites (tertiary alicyclic amines) is 1. The van der Waals surface area contributed by atoms with Gasteiger partial charge >= 0.3 is 6.18 Å². The van der Waals surface area contributed by atoms with Gasteiger partial charge in [-0.05, 0) is 30.7 Å². The van der Waals surface area contributed by atoms with E-state index in [1.165, 1.54) is 19.5 Å². The molecule has 202 valence electrons. The van der Waals surface area contributed by atoms with E-state index >= 15 is 0 Å². The van der Waals surface area contributed by atoms with Gasteiger partial charge in [-0.25, -0.2) is 14.4 Å². The van der Waals surface area contributed by atoms with Crippen LogP contribution in [0.1, 0.15) is 12.8 Å². The number of methoxy groups -OCH3 is 1. The lowest BCUT2D eigenvalue weighted by Gasteiger charge is -2.17. The summed E-state index contributed by atoms with van der Waals surface area (Å²) < 4.78 is 63.7. The van der Waals surface area contributed by atoms with E-state index in [0.717, 1.165) is 4.90 Å². The summed E-state index contributed by atoms with van der Waals surface area (Å²) in [5.74, 6) is -2.91. The van der Waals surface area contributed by atoms with Crippen LogP contribution in [0.15, 0.2) is 42.7 Å². The molecular weight excluding hydrogens is 510 g/mol. The Hall–Kier alpha value is -4.00. The summed E-state index contributed by atoms with van der Waals surface area (Å²) in [6, 6.07) is 9.16. The fourth-order valence-corrected chi connectivity index (χ4v) is 4.02. The van der Waals surface area contributed by atoms with E-state index in [-0.39, 0.29) is 30.8 Å². The van der Waals surface area contributed by atoms with Crippen molar-refractivity contribution in [3.05, 3.63) is 48.5 Å². The predicted molar refractivity (Wildman–Crippen MR) is 131 cm³/mol. The minimum atomic E-state index is -4.36. The number of benzene rings is 2. The van der Waals surface area contributed by atoms with Crippen molar-refractivity contribution < 1.29 is 36.6 Å². The molecule has 4 rings (SSSR count). The molecule has 9 nitrogen and oxygen atoms in total. The Balaban J connectivity index is 1.36. The van der Waals surface area contributed by atoms with Gasteiger partial charge in [-0.2, -0.15) is 13.2 Å². The maximum Gasteiger partial charge on any atom is 0.393 e. The first-order valence-electron chi connectivity index (χ1n) is 11.7. The summed E-state index contributed by atoms with van der Waals surface area (Å²) in [6.45, 7) is 0.142. The number of anilines is 3. The summed E-state index contributed by atoms with van der Waals surface area (Å²) in [5.41, 5.74) is 1.25. The van der Waals surface area contributed by atoms with Gasteiger partial charge in [0, 0.05) is 43.7 Å². The molecule has 1 aliphatic rings. The Morgan fingerprint density at radius 3 is 2.53 bits per heavy atom. The van der Waals surface area contributed by atoms with Crippen molar-refractivity contribution in [2.75, 3.05) is 44.0 Å². The molecule has 0 spiro atoms. The smallest absolute Gasteiger partial charge is 0.393 e. The van der Waals surface area contributed by atoms with Gasteiger partial charge in [0.2, 0.25) is 11.8 Å². The topological polar surface area (TPSA) is 106 Å². The van der Waals surface area contributed by atoms with Gasteiger partial charge in [-0.3, -0.25) is 9.59 Å². The summed E-state index contributed by atoms with van der Waals surface area (Å²) in [4.78, 5) is 33.8. The maximum atomic E-state index is 14.9. The van der Waals surface area contributed by atoms with Crippen LogP contribution in [0.5, 0.6) is 5.75 Å². The van der Waals surface area contributed by atoms with Crippen molar-refractivity contribution in [2.24, 2.45) is 5.92 Å². The van der Waals surface area contributed by atoms with Crippen molar-refractivity contribution >= 4 is 39.9 Å². The molecule has 1 unspecified atom stereocenters. The van der Waals surface area contributed by atoms with Crippen LogP contribution in [0.4, 0.5) is 34.8 Å². The Morgan fingerprint density at radius 2 is 1.84 bits per heavy atom. The molecule has 1 fully saturated rings. The monoisotopic (exact) mass is 535 g/mol. The molecule has 2 N–H and O–H groups in total. The number of aromatic nitrogens is 2. The first kappa shape index (κ1) is 27.0. The van der Waals surface area contributed by atoms with E-state index < -0.39 is 42.7 Å². The number of carbonyl (C=O) groups is 2. The lowest BCUT2D eigenvalue weighted by Crippen LogP contribution is -2.34. The first-order valence-corrected chi connectivity index (χ1v) is 11.7. The van der Waals surface area contributed by atoms with Gasteiger partial charge in [0.15, 0.2) is 0 Å². The van der Waals surface area contributed by atoms with Gasteiger partial charge in [-0.1, -0.05) is 0 Å². The number of carbonyl (C=O) groups excluding carboxylic acids is 2. The molecule has 1 atom stereocenters. The zero-order valence-corrected chi connectivity index (χ0v) is 20.3. The van der Waals surface area contributed by atoms with Crippen LogP contribution < -0.4 is 15.4 Å². The Morgan fingerprint density at radius 1 is 1.11 bits per heavy atom. The normalized spacial score (nSPS) is 15.5. The number of nitrogens with one attached hydrogen (secondary N) is 2. The first-order chi connectivity index (χ1) is 18.1. The van der Waals surface area contributed by atoms with Crippen LogP contribution in [-0.4, -0.2) is 66.3 Å². The number of amides is 2. The minimum absolute atomic E-state index is 0.0306. The SMILES string of the molecule is COCCOc1cc(F)c2c(Nc3ccc(NC(=O)CC(=O)N4CCC(C(F)(F)F)C4)cc3)ncnc2c1. The molecule has 13 heteroatoms. The largest absolute Gasteiger partial charge is 0.491 e. The minimum Gasteiger partial charge on any atom is -0.491 e. The van der Waals surface area contributed by atoms with Crippen LogP contribution >= 0.6 is 0 Å². The van der Waals surface area contributed by atoms with Crippen molar-refractivity contribution in [2.45, 2.75) is 19.0 Å². The number of hydrogen-bond acceptors (Lipinski definition) is 7. The second kappa shape index (κ2) is 11.6. The zero-order valence-electron chi connectivity index (χ0n) is 20.3. The van der Waals surface area contributed by atoms with Crippen LogP contribution in [0.3, 0.4) is 0 Å². The lowest BCUT2D eigenvalue weighted by molar-refractivity contribution is -0.171. The molecule has 0 saturated carbocycles. The number of fused-ring (bicyclic) bond motifs is 1. The summed E-state index contributed by atoms with van der Waals surface area (Å²) in [6.07, 6.45) is -3.81. The molecule has 38 heavy (non-hydrogen) atoms. The highest BCUT2D eigenvalue weighted by Gasteiger charge is 2.44. The Labute approximate surface area is 215 Å². The van der Waals surface area contributed by atoms with E-state index in [0.29, 0.717) is 29.2 Å². The Kier molecular flexibility index (Phi) is 8.25. The second-order valence-electron chi connectivity index (χ2n) is 8.66. The lowest BCUT2D eigenvalue weighted by atomic mass is 10.1. The quantitative estimate of drug-likeness (QED) is 0.239. The highest BCUT2D eigenvalue weighted by atomic mass is 19.4. The number of alkyl halides is 3. The maximum absolute atomic E-state index is 14.9. The number of rotatable bonds is 9. The van der Waals surface area contributed by atoms with Gasteiger partial charge in [-0.15, -0.1) is 0 Å². The highest BCUT2D eigenvalue weighted by Crippen LogP contribution is 2.34. The van der Waals surface area contributed by atoms with Crippen molar-refractivity contribution in [3.63, 3.8) is 0 Å². The average Bonchev–Trinajstić information content (AvgIpc) is 3.37. The molecule has 1 saturated heterocycles. The molecule has 2 amide bonds. The summed E-state index contributed by atoms with van der Waals surface area (Å²) >= 11 is 0. The van der Waals surface area contributed by atoms with Crippen LogP contribution in [-0.2, 0) is 14.3 Å². The van der Waals surface area contributed by atoms with Crippen molar-refractivity contribution in [3.8, 4) is 5.75 Å². The molecule has 2 aromatic carbocycles. The Bertz CT molecular complexity index is 1300. The molecule has 2 heterocycles. The fraction of sp³-hybridized carbons (Fsp3) is 0.360. The molecular formula is C25H25F4N5O4. The number of ether oxygens (including phenoxy) is 2. The fourth-order valence-electron chi connectivity index (χ4n) is 4.02. The predicted octanol–water partition coefficient (Wildman–Crippen LogP) is 4.28. The van der Waals surface area contributed by atoms with E-state index in [2.05, 4.69) is 20.6 Å². The third kappa shape index (κ3) is 6.65. The van der Waals surface area contributed by atoms with Crippen LogP contribution in [0.25, 0.3) is 10.9 Å². The van der Waals surface area contributed by atoms with Gasteiger partial charge < -0.3 is 25.0 Å².